The first-order chi connectivity index (χ1) is 16.6. The topological polar surface area (TPSA) is 38.4 Å². The maximum atomic E-state index is 6.40. The highest BCUT2D eigenvalue weighted by molar-refractivity contribution is 6.03. The Hall–Kier alpha value is -4.24. The Morgan fingerprint density at radius 2 is 1.53 bits per heavy atom. The SMILES string of the molecule is Cc1cc(C)c(-c2c3ccc(=Nc4cccc5cccnc45)cc-3oc3ccccc23)c(C)c1. The number of aromatic nitrogens is 1. The van der Waals surface area contributed by atoms with Crippen molar-refractivity contribution in [1.82, 2.24) is 4.98 Å². The van der Waals surface area contributed by atoms with Gasteiger partial charge in [0.25, 0.3) is 0 Å². The van der Waals surface area contributed by atoms with E-state index in [1.54, 1.807) is 0 Å². The molecule has 0 amide bonds. The maximum Gasteiger partial charge on any atom is 0.137 e. The lowest BCUT2D eigenvalue weighted by atomic mass is 9.87. The summed E-state index contributed by atoms with van der Waals surface area (Å²) in [5.74, 6) is 0.822. The summed E-state index contributed by atoms with van der Waals surface area (Å²) < 4.78 is 6.40. The summed E-state index contributed by atoms with van der Waals surface area (Å²) in [6, 6.07) is 29.1. The van der Waals surface area contributed by atoms with Crippen molar-refractivity contribution in [3.8, 4) is 22.5 Å². The summed E-state index contributed by atoms with van der Waals surface area (Å²) in [5.41, 5.74) is 10.00. The molecular formula is C31H24N2O. The van der Waals surface area contributed by atoms with Gasteiger partial charge in [0.2, 0.25) is 0 Å². The zero-order valence-corrected chi connectivity index (χ0v) is 19.5. The molecule has 0 spiro atoms. The Balaban J connectivity index is 1.65. The van der Waals surface area contributed by atoms with E-state index in [2.05, 4.69) is 74.3 Å². The molecule has 0 radical (unpaired) electrons. The van der Waals surface area contributed by atoms with E-state index in [1.807, 2.05) is 42.6 Å². The Morgan fingerprint density at radius 1 is 0.735 bits per heavy atom. The first kappa shape index (κ1) is 20.4. The van der Waals surface area contributed by atoms with Crippen LogP contribution in [0.5, 0.6) is 0 Å². The number of hydrogen-bond acceptors (Lipinski definition) is 3. The molecule has 34 heavy (non-hydrogen) atoms. The van der Waals surface area contributed by atoms with E-state index < -0.39 is 0 Å². The van der Waals surface area contributed by atoms with Crippen molar-refractivity contribution in [1.29, 1.82) is 0 Å². The number of benzene rings is 4. The van der Waals surface area contributed by atoms with Gasteiger partial charge in [0.15, 0.2) is 0 Å². The summed E-state index contributed by atoms with van der Waals surface area (Å²) in [4.78, 5) is 9.47. The van der Waals surface area contributed by atoms with Gasteiger partial charge in [0, 0.05) is 34.2 Å². The molecule has 4 aromatic rings. The zero-order valence-electron chi connectivity index (χ0n) is 19.5. The Bertz CT molecular complexity index is 1710. The number of pyridine rings is 1. The van der Waals surface area contributed by atoms with Crippen LogP contribution in [0.1, 0.15) is 16.7 Å². The van der Waals surface area contributed by atoms with Crippen LogP contribution in [0.15, 0.2) is 101 Å². The second kappa shape index (κ2) is 7.96. The summed E-state index contributed by atoms with van der Waals surface area (Å²) in [6.45, 7) is 6.53. The van der Waals surface area contributed by atoms with Crippen LogP contribution in [0.2, 0.25) is 0 Å². The van der Waals surface area contributed by atoms with E-state index in [9.17, 15) is 0 Å². The van der Waals surface area contributed by atoms with Gasteiger partial charge in [-0.25, -0.2) is 4.99 Å². The molecule has 0 atom stereocenters. The fourth-order valence-corrected chi connectivity index (χ4v) is 5.06. The van der Waals surface area contributed by atoms with Crippen LogP contribution >= 0.6 is 0 Å². The Kier molecular flexibility index (Phi) is 4.77. The van der Waals surface area contributed by atoms with Crippen molar-refractivity contribution in [3.63, 3.8) is 0 Å². The average molecular weight is 441 g/mol. The fourth-order valence-electron chi connectivity index (χ4n) is 5.06. The third-order valence-electron chi connectivity index (χ3n) is 6.40. The molecular weight excluding hydrogens is 416 g/mol. The van der Waals surface area contributed by atoms with Crippen LogP contribution in [0.3, 0.4) is 0 Å². The van der Waals surface area contributed by atoms with Crippen LogP contribution < -0.4 is 5.36 Å². The van der Waals surface area contributed by atoms with Gasteiger partial charge in [-0.1, -0.05) is 54.1 Å². The molecule has 164 valence electrons. The lowest BCUT2D eigenvalue weighted by Gasteiger charge is -2.19. The molecule has 0 unspecified atom stereocenters. The van der Waals surface area contributed by atoms with Gasteiger partial charge in [-0.15, -0.1) is 0 Å². The van der Waals surface area contributed by atoms with Crippen molar-refractivity contribution in [3.05, 3.63) is 113 Å². The molecule has 3 nitrogen and oxygen atoms in total. The first-order valence-corrected chi connectivity index (χ1v) is 11.5. The van der Waals surface area contributed by atoms with Crippen LogP contribution in [0.25, 0.3) is 44.3 Å². The molecule has 0 saturated heterocycles. The first-order valence-electron chi connectivity index (χ1n) is 11.5. The standard InChI is InChI=1S/C31H24N2O/c1-19-16-20(2)29(21(3)17-19)30-24-10-4-5-12-27(24)34-28-18-23(13-14-25(28)30)33-26-11-6-8-22-9-7-15-32-31(22)26/h4-18H,1-3H3. The normalized spacial score (nSPS) is 12.1. The van der Waals surface area contributed by atoms with E-state index in [0.717, 1.165) is 44.2 Å². The lowest BCUT2D eigenvalue weighted by molar-refractivity contribution is 0.619. The minimum Gasteiger partial charge on any atom is -0.456 e. The van der Waals surface area contributed by atoms with Crippen LogP contribution in [-0.2, 0) is 0 Å². The van der Waals surface area contributed by atoms with Gasteiger partial charge in [-0.3, -0.25) is 4.98 Å². The maximum absolute atomic E-state index is 6.40. The Morgan fingerprint density at radius 3 is 2.38 bits per heavy atom. The number of fused-ring (bicyclic) bond motifs is 3. The molecule has 2 heterocycles. The predicted octanol–water partition coefficient (Wildman–Crippen LogP) is 7.91. The average Bonchev–Trinajstić information content (AvgIpc) is 2.83. The minimum atomic E-state index is 0.822. The molecule has 6 rings (SSSR count). The van der Waals surface area contributed by atoms with E-state index in [1.165, 1.54) is 27.8 Å². The summed E-state index contributed by atoms with van der Waals surface area (Å²) >= 11 is 0. The molecule has 0 fully saturated rings. The Labute approximate surface area is 198 Å². The van der Waals surface area contributed by atoms with Crippen LogP contribution in [0.4, 0.5) is 5.69 Å². The van der Waals surface area contributed by atoms with Gasteiger partial charge in [-0.05, 0) is 67.8 Å². The number of aryl methyl sites for hydroxylation is 3. The molecule has 0 bridgehead atoms. The van der Waals surface area contributed by atoms with Crippen LogP contribution in [-0.4, -0.2) is 4.98 Å². The zero-order chi connectivity index (χ0) is 23.2. The monoisotopic (exact) mass is 440 g/mol. The van der Waals surface area contributed by atoms with Crippen molar-refractivity contribution < 1.29 is 4.42 Å². The predicted molar refractivity (Wildman–Crippen MR) is 139 cm³/mol. The largest absolute Gasteiger partial charge is 0.456 e. The van der Waals surface area contributed by atoms with Gasteiger partial charge in [0.1, 0.15) is 11.3 Å². The van der Waals surface area contributed by atoms with E-state index in [0.29, 0.717) is 0 Å². The van der Waals surface area contributed by atoms with Crippen molar-refractivity contribution >= 4 is 27.6 Å². The molecule has 0 N–H and O–H groups in total. The van der Waals surface area contributed by atoms with E-state index in [-0.39, 0.29) is 0 Å². The summed E-state index contributed by atoms with van der Waals surface area (Å²) in [5, 5.41) is 3.04. The number of hydrogen-bond donors (Lipinski definition) is 0. The van der Waals surface area contributed by atoms with Gasteiger partial charge < -0.3 is 4.42 Å². The van der Waals surface area contributed by atoms with Crippen molar-refractivity contribution in [2.24, 2.45) is 4.99 Å². The molecule has 3 heteroatoms. The summed E-state index contributed by atoms with van der Waals surface area (Å²) in [7, 11) is 0. The molecule has 3 aromatic carbocycles. The molecule has 1 aliphatic carbocycles. The van der Waals surface area contributed by atoms with E-state index in [4.69, 9.17) is 9.41 Å². The molecule has 1 aromatic heterocycles. The van der Waals surface area contributed by atoms with Crippen molar-refractivity contribution in [2.45, 2.75) is 20.8 Å². The second-order valence-electron chi connectivity index (χ2n) is 8.89. The number of nitrogens with zero attached hydrogens (tertiary/aromatic N) is 2. The molecule has 1 aliphatic heterocycles. The van der Waals surface area contributed by atoms with E-state index >= 15 is 0 Å². The van der Waals surface area contributed by atoms with Gasteiger partial charge in [-0.2, -0.15) is 0 Å². The highest BCUT2D eigenvalue weighted by Crippen LogP contribution is 2.42. The van der Waals surface area contributed by atoms with Crippen LogP contribution in [0, 0.1) is 20.8 Å². The molecule has 0 saturated carbocycles. The smallest absolute Gasteiger partial charge is 0.137 e. The van der Waals surface area contributed by atoms with Gasteiger partial charge in [0.05, 0.1) is 16.6 Å². The molecule has 2 aliphatic rings. The van der Waals surface area contributed by atoms with Crippen molar-refractivity contribution in [2.75, 3.05) is 0 Å². The lowest BCUT2D eigenvalue weighted by Crippen LogP contribution is -2.03. The third-order valence-corrected chi connectivity index (χ3v) is 6.40. The highest BCUT2D eigenvalue weighted by atomic mass is 16.3. The quantitative estimate of drug-likeness (QED) is 0.257. The summed E-state index contributed by atoms with van der Waals surface area (Å²) in [6.07, 6.45) is 1.81. The third kappa shape index (κ3) is 3.37. The number of rotatable bonds is 2. The highest BCUT2D eigenvalue weighted by Gasteiger charge is 2.19. The minimum absolute atomic E-state index is 0.822. The number of para-hydroxylation sites is 2. The second-order valence-corrected chi connectivity index (χ2v) is 8.89. The van der Waals surface area contributed by atoms with Gasteiger partial charge >= 0.3 is 0 Å². The fraction of sp³-hybridized carbons (Fsp3) is 0.0968.